The lowest BCUT2D eigenvalue weighted by atomic mass is 10.1. The summed E-state index contributed by atoms with van der Waals surface area (Å²) in [5, 5.41) is 16.8. The van der Waals surface area contributed by atoms with Crippen LogP contribution in [0.15, 0.2) is 48.5 Å². The van der Waals surface area contributed by atoms with E-state index < -0.39 is 4.92 Å². The highest BCUT2D eigenvalue weighted by atomic mass is 16.6. The zero-order chi connectivity index (χ0) is 17.5. The van der Waals surface area contributed by atoms with Crippen LogP contribution in [0.3, 0.4) is 0 Å². The van der Waals surface area contributed by atoms with Crippen LogP contribution in [0.5, 0.6) is 0 Å². The van der Waals surface area contributed by atoms with Crippen molar-refractivity contribution >= 4 is 17.3 Å². The molecule has 24 heavy (non-hydrogen) atoms. The molecule has 0 saturated carbocycles. The molecule has 0 radical (unpaired) electrons. The van der Waals surface area contributed by atoms with Gasteiger partial charge in [0.05, 0.1) is 4.92 Å². The number of nitro groups is 1. The smallest absolute Gasteiger partial charge is 0.269 e. The number of benzene rings is 2. The Morgan fingerprint density at radius 3 is 2.54 bits per heavy atom. The summed E-state index contributed by atoms with van der Waals surface area (Å²) in [7, 11) is 0. The highest BCUT2D eigenvalue weighted by Gasteiger charge is 2.07. The number of amides is 1. The number of nitro benzene ring substituents is 1. The Balaban J connectivity index is 1.87. The Kier molecular flexibility index (Phi) is 6.03. The summed E-state index contributed by atoms with van der Waals surface area (Å²) in [6.07, 6.45) is 0.785. The summed E-state index contributed by atoms with van der Waals surface area (Å²) < 4.78 is 0. The lowest BCUT2D eigenvalue weighted by molar-refractivity contribution is -0.384. The lowest BCUT2D eigenvalue weighted by Gasteiger charge is -2.15. The zero-order valence-corrected chi connectivity index (χ0v) is 13.8. The van der Waals surface area contributed by atoms with Crippen LogP contribution in [0, 0.1) is 10.1 Å². The van der Waals surface area contributed by atoms with E-state index in [0.29, 0.717) is 0 Å². The Bertz CT molecular complexity index is 714. The largest absolute Gasteiger partial charge is 0.326 e. The second-order valence-electron chi connectivity index (χ2n) is 5.66. The molecule has 0 aliphatic carbocycles. The van der Waals surface area contributed by atoms with Gasteiger partial charge in [-0.2, -0.15) is 0 Å². The Morgan fingerprint density at radius 1 is 1.21 bits per heavy atom. The Hall–Kier alpha value is -2.73. The van der Waals surface area contributed by atoms with E-state index in [-0.39, 0.29) is 17.6 Å². The molecule has 126 valence electrons. The van der Waals surface area contributed by atoms with Crippen molar-refractivity contribution in [3.05, 3.63) is 69.8 Å². The van der Waals surface area contributed by atoms with Gasteiger partial charge >= 0.3 is 0 Å². The maximum absolute atomic E-state index is 11.1. The topological polar surface area (TPSA) is 84.3 Å². The average Bonchev–Trinajstić information content (AvgIpc) is 2.55. The quantitative estimate of drug-likeness (QED) is 0.602. The van der Waals surface area contributed by atoms with E-state index in [1.54, 1.807) is 12.1 Å². The fourth-order valence-electron chi connectivity index (χ4n) is 2.42. The molecule has 1 atom stereocenters. The van der Waals surface area contributed by atoms with Gasteiger partial charge in [-0.05, 0) is 43.1 Å². The van der Waals surface area contributed by atoms with Gasteiger partial charge in [-0.1, -0.05) is 24.3 Å². The van der Waals surface area contributed by atoms with Crippen molar-refractivity contribution < 1.29 is 9.72 Å². The Labute approximate surface area is 141 Å². The molecule has 1 unspecified atom stereocenters. The fraction of sp³-hybridized carbons (Fsp3) is 0.278. The van der Waals surface area contributed by atoms with Crippen molar-refractivity contribution in [1.82, 2.24) is 5.32 Å². The van der Waals surface area contributed by atoms with Crippen molar-refractivity contribution in [2.24, 2.45) is 0 Å². The molecular weight excluding hydrogens is 306 g/mol. The molecule has 6 heteroatoms. The van der Waals surface area contributed by atoms with Crippen LogP contribution in [-0.2, 0) is 11.2 Å². The van der Waals surface area contributed by atoms with Crippen molar-refractivity contribution in [3.63, 3.8) is 0 Å². The number of carbonyl (C=O) groups excluding carboxylic acids is 1. The Morgan fingerprint density at radius 2 is 1.92 bits per heavy atom. The molecule has 1 amide bonds. The van der Waals surface area contributed by atoms with Gasteiger partial charge in [-0.15, -0.1) is 0 Å². The molecule has 2 aromatic carbocycles. The van der Waals surface area contributed by atoms with Crippen LogP contribution in [0.2, 0.25) is 0 Å². The first-order chi connectivity index (χ1) is 11.5. The number of hydrogen-bond acceptors (Lipinski definition) is 4. The van der Waals surface area contributed by atoms with Crippen LogP contribution in [-0.4, -0.2) is 17.4 Å². The molecule has 2 rings (SSSR count). The summed E-state index contributed by atoms with van der Waals surface area (Å²) in [4.78, 5) is 21.4. The van der Waals surface area contributed by atoms with Crippen LogP contribution >= 0.6 is 0 Å². The van der Waals surface area contributed by atoms with Gasteiger partial charge in [0.1, 0.15) is 0 Å². The third kappa shape index (κ3) is 5.17. The highest BCUT2D eigenvalue weighted by Crippen LogP contribution is 2.18. The average molecular weight is 327 g/mol. The van der Waals surface area contributed by atoms with Crippen molar-refractivity contribution in [3.8, 4) is 0 Å². The first kappa shape index (κ1) is 17.6. The van der Waals surface area contributed by atoms with E-state index in [9.17, 15) is 14.9 Å². The molecule has 0 bridgehead atoms. The fourth-order valence-corrected chi connectivity index (χ4v) is 2.42. The molecule has 2 N–H and O–H groups in total. The van der Waals surface area contributed by atoms with Gasteiger partial charge in [-0.3, -0.25) is 14.9 Å². The maximum atomic E-state index is 11.1. The predicted octanol–water partition coefficient (Wildman–Crippen LogP) is 3.45. The number of non-ortho nitro benzene ring substituents is 1. The van der Waals surface area contributed by atoms with Crippen LogP contribution in [0.4, 0.5) is 11.4 Å². The molecular formula is C18H21N3O3. The number of rotatable bonds is 7. The minimum absolute atomic E-state index is 0.0917. The van der Waals surface area contributed by atoms with Crippen LogP contribution in [0.25, 0.3) is 0 Å². The van der Waals surface area contributed by atoms with E-state index in [4.69, 9.17) is 0 Å². The monoisotopic (exact) mass is 327 g/mol. The number of nitrogens with zero attached hydrogens (tertiary/aromatic N) is 1. The van der Waals surface area contributed by atoms with E-state index in [1.807, 2.05) is 24.3 Å². The van der Waals surface area contributed by atoms with Crippen molar-refractivity contribution in [1.29, 1.82) is 0 Å². The van der Waals surface area contributed by atoms with E-state index >= 15 is 0 Å². The SMILES string of the molecule is CC(=O)Nc1cccc(C(C)NCCc2ccc([N+](=O)[O-])cc2)c1. The minimum atomic E-state index is -0.397. The van der Waals surface area contributed by atoms with E-state index in [2.05, 4.69) is 17.6 Å². The molecule has 0 aromatic heterocycles. The summed E-state index contributed by atoms with van der Waals surface area (Å²) in [6, 6.07) is 14.5. The zero-order valence-electron chi connectivity index (χ0n) is 13.8. The third-order valence-electron chi connectivity index (χ3n) is 3.72. The molecule has 0 aliphatic heterocycles. The summed E-state index contributed by atoms with van der Waals surface area (Å²) in [5.74, 6) is -0.0917. The number of anilines is 1. The molecule has 0 fully saturated rings. The van der Waals surface area contributed by atoms with Crippen molar-refractivity contribution in [2.75, 3.05) is 11.9 Å². The summed E-state index contributed by atoms with van der Waals surface area (Å²) in [6.45, 7) is 4.30. The second kappa shape index (κ2) is 8.21. The van der Waals surface area contributed by atoms with Crippen molar-refractivity contribution in [2.45, 2.75) is 26.3 Å². The summed E-state index contributed by atoms with van der Waals surface area (Å²) in [5.41, 5.74) is 3.02. The van der Waals surface area contributed by atoms with Crippen LogP contribution in [0.1, 0.15) is 31.0 Å². The minimum Gasteiger partial charge on any atom is -0.326 e. The molecule has 2 aromatic rings. The van der Waals surface area contributed by atoms with Gasteiger partial charge in [0.25, 0.3) is 5.69 Å². The van der Waals surface area contributed by atoms with Gasteiger partial charge in [0.2, 0.25) is 5.91 Å². The normalized spacial score (nSPS) is 11.8. The number of nitrogens with one attached hydrogen (secondary N) is 2. The van der Waals surface area contributed by atoms with Gasteiger partial charge < -0.3 is 10.6 Å². The maximum Gasteiger partial charge on any atom is 0.269 e. The molecule has 0 heterocycles. The molecule has 0 aliphatic rings. The van der Waals surface area contributed by atoms with E-state index in [1.165, 1.54) is 19.1 Å². The highest BCUT2D eigenvalue weighted by molar-refractivity contribution is 5.88. The standard InChI is InChI=1S/C18H21N3O3/c1-13(16-4-3-5-17(12-16)20-14(2)22)19-11-10-15-6-8-18(9-7-15)21(23)24/h3-9,12-13,19H,10-11H2,1-2H3,(H,20,22). The first-order valence-electron chi connectivity index (χ1n) is 7.80. The molecule has 0 saturated heterocycles. The number of carbonyl (C=O) groups is 1. The first-order valence-corrected chi connectivity index (χ1v) is 7.80. The lowest BCUT2D eigenvalue weighted by Crippen LogP contribution is -2.21. The molecule has 6 nitrogen and oxygen atoms in total. The predicted molar refractivity (Wildman–Crippen MR) is 94.0 cm³/mol. The third-order valence-corrected chi connectivity index (χ3v) is 3.72. The van der Waals surface area contributed by atoms with Gasteiger partial charge in [0, 0.05) is 30.8 Å². The number of hydrogen-bond donors (Lipinski definition) is 2. The molecule has 0 spiro atoms. The second-order valence-corrected chi connectivity index (χ2v) is 5.66. The van der Waals surface area contributed by atoms with Crippen LogP contribution < -0.4 is 10.6 Å². The van der Waals surface area contributed by atoms with E-state index in [0.717, 1.165) is 29.8 Å². The summed E-state index contributed by atoms with van der Waals surface area (Å²) >= 11 is 0. The van der Waals surface area contributed by atoms with Gasteiger partial charge in [0.15, 0.2) is 0 Å². The van der Waals surface area contributed by atoms with Gasteiger partial charge in [-0.25, -0.2) is 0 Å².